The van der Waals surface area contributed by atoms with E-state index < -0.39 is 0 Å². The third-order valence-electron chi connectivity index (χ3n) is 4.69. The van der Waals surface area contributed by atoms with Gasteiger partial charge in [-0.05, 0) is 24.3 Å². The molecule has 1 fully saturated rings. The molecule has 1 N–H and O–H groups in total. The lowest BCUT2D eigenvalue weighted by Gasteiger charge is -2.33. The van der Waals surface area contributed by atoms with Crippen LogP contribution in [0.4, 0.5) is 5.69 Å². The molecule has 0 radical (unpaired) electrons. The Bertz CT molecular complexity index is 724. The zero-order chi connectivity index (χ0) is 17.6. The minimum absolute atomic E-state index is 0.278. The highest BCUT2D eigenvalue weighted by Gasteiger charge is 2.21. The highest BCUT2D eigenvalue weighted by Crippen LogP contribution is 2.20. The van der Waals surface area contributed by atoms with Crippen LogP contribution in [0, 0.1) is 0 Å². The summed E-state index contributed by atoms with van der Waals surface area (Å²) in [4.78, 5) is 15.6. The molecule has 1 aliphatic rings. The first-order valence-electron chi connectivity index (χ1n) is 8.59. The molecule has 0 unspecified atom stereocenters. The van der Waals surface area contributed by atoms with E-state index in [0.717, 1.165) is 38.5 Å². The zero-order valence-corrected chi connectivity index (χ0v) is 14.8. The summed E-state index contributed by atoms with van der Waals surface area (Å²) < 4.78 is 10.1. The average molecular weight is 341 g/mol. The molecule has 25 heavy (non-hydrogen) atoms. The molecule has 0 amide bonds. The second-order valence-electron chi connectivity index (χ2n) is 6.31. The van der Waals surface area contributed by atoms with E-state index in [1.165, 1.54) is 23.3 Å². The van der Waals surface area contributed by atoms with Crippen LogP contribution in [0.25, 0.3) is 0 Å². The highest BCUT2D eigenvalue weighted by molar-refractivity contribution is 5.89. The first kappa shape index (κ1) is 17.3. The van der Waals surface area contributed by atoms with E-state index in [4.69, 9.17) is 9.47 Å². The normalized spacial score (nSPS) is 15.0. The Labute approximate surface area is 148 Å². The van der Waals surface area contributed by atoms with E-state index in [0.29, 0.717) is 5.56 Å². The van der Waals surface area contributed by atoms with Gasteiger partial charge < -0.3 is 19.3 Å². The summed E-state index contributed by atoms with van der Waals surface area (Å²) in [7, 11) is 3.11. The molecule has 2 aromatic rings. The monoisotopic (exact) mass is 341 g/mol. The third kappa shape index (κ3) is 4.31. The highest BCUT2D eigenvalue weighted by atomic mass is 16.5. The summed E-state index contributed by atoms with van der Waals surface area (Å²) in [5, 5.41) is 0. The van der Waals surface area contributed by atoms with Gasteiger partial charge in [0.05, 0.1) is 46.0 Å². The quantitative estimate of drug-likeness (QED) is 0.835. The summed E-state index contributed by atoms with van der Waals surface area (Å²) in [6, 6.07) is 16.0. The van der Waals surface area contributed by atoms with Gasteiger partial charge in [0.15, 0.2) is 0 Å². The van der Waals surface area contributed by atoms with Gasteiger partial charge in [0.1, 0.15) is 12.3 Å². The summed E-state index contributed by atoms with van der Waals surface area (Å²) in [5.41, 5.74) is 3.01. The predicted molar refractivity (Wildman–Crippen MR) is 97.4 cm³/mol. The second-order valence-corrected chi connectivity index (χ2v) is 6.31. The number of carbonyl (C=O) groups is 1. The van der Waals surface area contributed by atoms with Crippen molar-refractivity contribution < 1.29 is 19.2 Å². The van der Waals surface area contributed by atoms with Gasteiger partial charge in [-0.3, -0.25) is 0 Å². The Morgan fingerprint density at radius 3 is 2.56 bits per heavy atom. The van der Waals surface area contributed by atoms with Crippen molar-refractivity contribution in [3.05, 3.63) is 59.7 Å². The number of methoxy groups -OCH3 is 2. The number of hydrogen-bond donors (Lipinski definition) is 1. The number of benzene rings is 2. The fourth-order valence-electron chi connectivity index (χ4n) is 3.28. The zero-order valence-electron chi connectivity index (χ0n) is 14.8. The van der Waals surface area contributed by atoms with Crippen LogP contribution in [-0.2, 0) is 11.3 Å². The van der Waals surface area contributed by atoms with E-state index in [-0.39, 0.29) is 5.97 Å². The fraction of sp³-hybridized carbons (Fsp3) is 0.350. The molecule has 3 rings (SSSR count). The van der Waals surface area contributed by atoms with E-state index in [2.05, 4.69) is 23.1 Å². The van der Waals surface area contributed by atoms with Crippen molar-refractivity contribution in [3.8, 4) is 5.75 Å². The number of nitrogens with one attached hydrogen (secondary N) is 1. The number of hydrogen-bond acceptors (Lipinski definition) is 4. The SMILES string of the molecule is COC(=O)c1cccc(C[NH+]2CCN(c3cccc(OC)c3)CC2)c1. The van der Waals surface area contributed by atoms with Crippen LogP contribution in [0.5, 0.6) is 5.75 Å². The number of esters is 1. The second kappa shape index (κ2) is 8.03. The molecular weight excluding hydrogens is 316 g/mol. The summed E-state index contributed by atoms with van der Waals surface area (Å²) in [6.45, 7) is 5.09. The molecule has 0 saturated carbocycles. The van der Waals surface area contributed by atoms with E-state index in [9.17, 15) is 4.79 Å². The van der Waals surface area contributed by atoms with Crippen molar-refractivity contribution in [2.24, 2.45) is 0 Å². The molecule has 0 atom stereocenters. The van der Waals surface area contributed by atoms with Crippen LogP contribution in [0.15, 0.2) is 48.5 Å². The predicted octanol–water partition coefficient (Wildman–Crippen LogP) is 1.39. The average Bonchev–Trinajstić information content (AvgIpc) is 2.68. The minimum Gasteiger partial charge on any atom is -0.497 e. The summed E-state index contributed by atoms with van der Waals surface area (Å²) >= 11 is 0. The van der Waals surface area contributed by atoms with Gasteiger partial charge in [-0.15, -0.1) is 0 Å². The van der Waals surface area contributed by atoms with Gasteiger partial charge in [0.2, 0.25) is 0 Å². The number of carbonyl (C=O) groups excluding carboxylic acids is 1. The molecule has 132 valence electrons. The lowest BCUT2D eigenvalue weighted by Crippen LogP contribution is -3.13. The van der Waals surface area contributed by atoms with Crippen LogP contribution in [0.2, 0.25) is 0 Å². The van der Waals surface area contributed by atoms with E-state index in [1.807, 2.05) is 24.3 Å². The number of piperazine rings is 1. The summed E-state index contributed by atoms with van der Waals surface area (Å²) in [5.74, 6) is 0.617. The van der Waals surface area contributed by atoms with Crippen LogP contribution in [0.3, 0.4) is 0 Å². The Hall–Kier alpha value is -2.53. The number of quaternary nitrogens is 1. The van der Waals surface area contributed by atoms with Crippen molar-refractivity contribution >= 4 is 11.7 Å². The molecule has 0 aromatic heterocycles. The molecular formula is C20H25N2O3+. The van der Waals surface area contributed by atoms with E-state index >= 15 is 0 Å². The van der Waals surface area contributed by atoms with E-state index in [1.54, 1.807) is 13.2 Å². The van der Waals surface area contributed by atoms with Gasteiger partial charge in [-0.25, -0.2) is 4.79 Å². The minimum atomic E-state index is -0.278. The molecule has 1 heterocycles. The van der Waals surface area contributed by atoms with Crippen LogP contribution >= 0.6 is 0 Å². The van der Waals surface area contributed by atoms with Crippen LogP contribution in [0.1, 0.15) is 15.9 Å². The number of anilines is 1. The van der Waals surface area contributed by atoms with Gasteiger partial charge >= 0.3 is 5.97 Å². The van der Waals surface area contributed by atoms with Crippen molar-refractivity contribution in [1.29, 1.82) is 0 Å². The van der Waals surface area contributed by atoms with Gasteiger partial charge in [-0.2, -0.15) is 0 Å². The lowest BCUT2D eigenvalue weighted by atomic mass is 10.1. The maximum absolute atomic E-state index is 11.7. The maximum atomic E-state index is 11.7. The van der Waals surface area contributed by atoms with Gasteiger partial charge in [0, 0.05) is 17.3 Å². The standard InChI is InChI=1S/C20H24N2O3/c1-24-19-8-4-7-18(14-19)22-11-9-21(10-12-22)15-16-5-3-6-17(13-16)20(23)25-2/h3-8,13-14H,9-12,15H2,1-2H3/p+1. The van der Waals surface area contributed by atoms with Crippen molar-refractivity contribution in [3.63, 3.8) is 0 Å². The van der Waals surface area contributed by atoms with Crippen molar-refractivity contribution in [2.45, 2.75) is 6.54 Å². The Morgan fingerprint density at radius 2 is 1.84 bits per heavy atom. The van der Waals surface area contributed by atoms with Gasteiger partial charge in [0.25, 0.3) is 0 Å². The number of nitrogens with zero attached hydrogens (tertiary/aromatic N) is 1. The molecule has 1 aliphatic heterocycles. The Kier molecular flexibility index (Phi) is 5.56. The molecule has 5 heteroatoms. The lowest BCUT2D eigenvalue weighted by molar-refractivity contribution is -0.914. The topological polar surface area (TPSA) is 43.2 Å². The van der Waals surface area contributed by atoms with Crippen LogP contribution in [-0.4, -0.2) is 46.4 Å². The molecule has 2 aromatic carbocycles. The first-order valence-corrected chi connectivity index (χ1v) is 8.59. The molecule has 0 bridgehead atoms. The number of rotatable bonds is 5. The summed E-state index contributed by atoms with van der Waals surface area (Å²) in [6.07, 6.45) is 0. The number of ether oxygens (including phenoxy) is 2. The largest absolute Gasteiger partial charge is 0.497 e. The molecule has 0 aliphatic carbocycles. The molecule has 0 spiro atoms. The third-order valence-corrected chi connectivity index (χ3v) is 4.69. The maximum Gasteiger partial charge on any atom is 0.337 e. The van der Waals surface area contributed by atoms with Gasteiger partial charge in [-0.1, -0.05) is 18.2 Å². The van der Waals surface area contributed by atoms with Crippen LogP contribution < -0.4 is 14.5 Å². The Balaban J connectivity index is 1.58. The smallest absolute Gasteiger partial charge is 0.337 e. The first-order chi connectivity index (χ1) is 12.2. The molecule has 1 saturated heterocycles. The Morgan fingerprint density at radius 1 is 1.08 bits per heavy atom. The van der Waals surface area contributed by atoms with Crippen molar-refractivity contribution in [2.75, 3.05) is 45.3 Å². The van der Waals surface area contributed by atoms with Crippen molar-refractivity contribution in [1.82, 2.24) is 0 Å². The fourth-order valence-corrected chi connectivity index (χ4v) is 3.28. The molecule has 5 nitrogen and oxygen atoms in total.